The first kappa shape index (κ1) is 19.4. The number of nitriles is 2. The van der Waals surface area contributed by atoms with E-state index >= 15 is 0 Å². The lowest BCUT2D eigenvalue weighted by Gasteiger charge is -2.07. The van der Waals surface area contributed by atoms with Crippen molar-refractivity contribution in [2.75, 3.05) is 5.43 Å². The van der Waals surface area contributed by atoms with Crippen LogP contribution in [-0.4, -0.2) is 17.8 Å². The third-order valence-electron chi connectivity index (χ3n) is 3.05. The molecule has 7 nitrogen and oxygen atoms in total. The summed E-state index contributed by atoms with van der Waals surface area (Å²) in [5.41, 5.74) is 1.16. The lowest BCUT2D eigenvalue weighted by Crippen LogP contribution is -2.16. The maximum atomic E-state index is 12.5. The van der Waals surface area contributed by atoms with E-state index in [2.05, 4.69) is 14.9 Å². The monoisotopic (exact) mass is 399 g/mol. The zero-order valence-electron chi connectivity index (χ0n) is 12.9. The number of hydrogen-bond acceptors (Lipinski definition) is 8. The average Bonchev–Trinajstić information content (AvgIpc) is 2.96. The topological polar surface area (TPSA) is 119 Å². The van der Waals surface area contributed by atoms with Crippen LogP contribution in [0.5, 0.6) is 0 Å². The van der Waals surface area contributed by atoms with Crippen LogP contribution in [0.3, 0.4) is 0 Å². The number of hydrazone groups is 1. The van der Waals surface area contributed by atoms with Crippen molar-refractivity contribution in [2.24, 2.45) is 5.10 Å². The zero-order valence-corrected chi connectivity index (χ0v) is 14.5. The number of halogens is 3. The molecule has 0 radical (unpaired) electrons. The number of hydrogen-bond donors (Lipinski definition) is 1. The van der Waals surface area contributed by atoms with E-state index < -0.39 is 31.6 Å². The predicted molar refractivity (Wildman–Crippen MR) is 86.9 cm³/mol. The molecule has 2 rings (SSSR count). The van der Waals surface area contributed by atoms with Gasteiger partial charge < -0.3 is 0 Å². The van der Waals surface area contributed by atoms with Gasteiger partial charge in [0.15, 0.2) is 5.03 Å². The Kier molecular flexibility index (Phi) is 5.30. The van der Waals surface area contributed by atoms with Crippen LogP contribution in [0.25, 0.3) is 0 Å². The predicted octanol–water partition coefficient (Wildman–Crippen LogP) is 3.06. The molecular weight excluding hydrogens is 391 g/mol. The second-order valence-corrected chi connectivity index (χ2v) is 7.51. The van der Waals surface area contributed by atoms with Gasteiger partial charge in [0.25, 0.3) is 14.9 Å². The molecule has 0 atom stereocenters. The van der Waals surface area contributed by atoms with Crippen LogP contribution < -0.4 is 5.43 Å². The van der Waals surface area contributed by atoms with Gasteiger partial charge in [-0.2, -0.15) is 33.2 Å². The van der Waals surface area contributed by atoms with E-state index in [4.69, 9.17) is 10.5 Å². The van der Waals surface area contributed by atoms with E-state index in [0.29, 0.717) is 4.88 Å². The molecule has 0 bridgehead atoms. The average molecular weight is 399 g/mol. The van der Waals surface area contributed by atoms with Crippen molar-refractivity contribution in [1.29, 1.82) is 10.5 Å². The van der Waals surface area contributed by atoms with Crippen LogP contribution in [0.4, 0.5) is 18.9 Å². The highest BCUT2D eigenvalue weighted by atomic mass is 32.2. The number of sulfone groups is 1. The van der Waals surface area contributed by atoms with Gasteiger partial charge in [0.2, 0.25) is 0 Å². The van der Waals surface area contributed by atoms with E-state index in [1.165, 1.54) is 13.0 Å². The molecule has 2 aromatic rings. The molecule has 0 aliphatic carbocycles. The number of benzene rings is 1. The largest absolute Gasteiger partial charge is 0.416 e. The minimum atomic E-state index is -4.51. The van der Waals surface area contributed by atoms with Crippen molar-refractivity contribution in [2.45, 2.75) is 18.1 Å². The summed E-state index contributed by atoms with van der Waals surface area (Å²) >= 11 is 0.786. The van der Waals surface area contributed by atoms with Crippen LogP contribution in [0.2, 0.25) is 0 Å². The SMILES string of the molecule is Cc1snc(S(=O)(=O)/C(C#N)=N/Nc2ccc(C(F)(F)F)cc2)c1C#N. The Morgan fingerprint density at radius 2 is 1.88 bits per heavy atom. The third kappa shape index (κ3) is 3.82. The highest BCUT2D eigenvalue weighted by molar-refractivity contribution is 8.07. The third-order valence-corrected chi connectivity index (χ3v) is 5.41. The normalized spacial score (nSPS) is 12.3. The molecule has 12 heteroatoms. The molecule has 134 valence electrons. The summed E-state index contributed by atoms with van der Waals surface area (Å²) in [7, 11) is -4.45. The number of anilines is 1. The molecule has 0 fully saturated rings. The van der Waals surface area contributed by atoms with Crippen molar-refractivity contribution >= 4 is 32.1 Å². The van der Waals surface area contributed by atoms with Crippen molar-refractivity contribution in [3.8, 4) is 12.1 Å². The molecule has 0 spiro atoms. The van der Waals surface area contributed by atoms with E-state index in [1.807, 2.05) is 0 Å². The molecule has 1 N–H and O–H groups in total. The van der Waals surface area contributed by atoms with Crippen LogP contribution in [-0.2, 0) is 16.0 Å². The first-order chi connectivity index (χ1) is 12.1. The van der Waals surface area contributed by atoms with E-state index in [9.17, 15) is 21.6 Å². The maximum Gasteiger partial charge on any atom is 0.416 e. The number of aryl methyl sites for hydroxylation is 1. The van der Waals surface area contributed by atoms with Gasteiger partial charge >= 0.3 is 6.18 Å². The van der Waals surface area contributed by atoms with Gasteiger partial charge in [-0.1, -0.05) is 0 Å². The summed E-state index contributed by atoms with van der Waals surface area (Å²) in [6.45, 7) is 1.50. The summed E-state index contributed by atoms with van der Waals surface area (Å²) < 4.78 is 66.0. The number of aromatic nitrogens is 1. The van der Waals surface area contributed by atoms with E-state index in [0.717, 1.165) is 35.8 Å². The van der Waals surface area contributed by atoms with Crippen molar-refractivity contribution in [3.05, 3.63) is 40.3 Å². The zero-order chi connectivity index (χ0) is 19.5. The standard InChI is InChI=1S/C14H8F3N5O2S2/c1-8-11(6-18)13(22-25-8)26(23,24)12(7-19)21-20-10-4-2-9(3-5-10)14(15,16)17/h2-5,20H,1H3/b21-12+. The molecule has 0 saturated carbocycles. The first-order valence-electron chi connectivity index (χ1n) is 6.63. The molecule has 0 amide bonds. The number of nitrogens with zero attached hydrogens (tertiary/aromatic N) is 4. The molecule has 0 saturated heterocycles. The van der Waals surface area contributed by atoms with Crippen molar-refractivity contribution < 1.29 is 21.6 Å². The second kappa shape index (κ2) is 7.11. The molecule has 1 aromatic heterocycles. The number of rotatable bonds is 3. The highest BCUT2D eigenvalue weighted by Gasteiger charge is 2.31. The summed E-state index contributed by atoms with van der Waals surface area (Å²) in [5, 5.41) is 20.0. The number of alkyl halides is 3. The van der Waals surface area contributed by atoms with Crippen LogP contribution in [0, 0.1) is 29.6 Å². The van der Waals surface area contributed by atoms with Crippen molar-refractivity contribution in [1.82, 2.24) is 4.37 Å². The first-order valence-corrected chi connectivity index (χ1v) is 8.89. The summed E-state index contributed by atoms with van der Waals surface area (Å²) in [6, 6.07) is 6.69. The fraction of sp³-hybridized carbons (Fsp3) is 0.143. The molecule has 0 aliphatic rings. The molecule has 0 unspecified atom stereocenters. The quantitative estimate of drug-likeness (QED) is 0.481. The van der Waals surface area contributed by atoms with Gasteiger partial charge in [0.1, 0.15) is 17.7 Å². The minimum Gasteiger partial charge on any atom is -0.277 e. The second-order valence-electron chi connectivity index (χ2n) is 4.75. The van der Waals surface area contributed by atoms with Crippen LogP contribution in [0.15, 0.2) is 34.4 Å². The Morgan fingerprint density at radius 3 is 2.38 bits per heavy atom. The fourth-order valence-electron chi connectivity index (χ4n) is 1.75. The van der Waals surface area contributed by atoms with Crippen LogP contribution in [0.1, 0.15) is 16.0 Å². The minimum absolute atomic E-state index is 0.0379. The van der Waals surface area contributed by atoms with Gasteiger partial charge in [-0.3, -0.25) is 5.43 Å². The Balaban J connectivity index is 2.33. The van der Waals surface area contributed by atoms with Crippen LogP contribution >= 0.6 is 11.5 Å². The molecule has 0 aliphatic heterocycles. The lowest BCUT2D eigenvalue weighted by atomic mass is 10.2. The van der Waals surface area contributed by atoms with E-state index in [1.54, 1.807) is 6.07 Å². The molecular formula is C14H8F3N5O2S2. The highest BCUT2D eigenvalue weighted by Crippen LogP contribution is 2.30. The smallest absolute Gasteiger partial charge is 0.277 e. The van der Waals surface area contributed by atoms with Gasteiger partial charge in [-0.15, -0.1) is 0 Å². The Bertz CT molecular complexity index is 1040. The summed E-state index contributed by atoms with van der Waals surface area (Å²) in [5.74, 6) is 0. The lowest BCUT2D eigenvalue weighted by molar-refractivity contribution is -0.137. The van der Waals surface area contributed by atoms with E-state index in [-0.39, 0.29) is 11.3 Å². The Hall–Kier alpha value is -2.96. The molecule has 1 aromatic carbocycles. The fourth-order valence-corrected chi connectivity index (χ4v) is 3.80. The van der Waals surface area contributed by atoms with Gasteiger partial charge in [0.05, 0.1) is 11.3 Å². The van der Waals surface area contributed by atoms with Gasteiger partial charge in [0, 0.05) is 4.88 Å². The molecule has 26 heavy (non-hydrogen) atoms. The molecule has 1 heterocycles. The number of nitrogens with one attached hydrogen (secondary N) is 1. The Morgan fingerprint density at radius 1 is 1.27 bits per heavy atom. The summed E-state index contributed by atoms with van der Waals surface area (Å²) in [4.78, 5) is 0.360. The summed E-state index contributed by atoms with van der Waals surface area (Å²) in [6.07, 6.45) is -4.51. The van der Waals surface area contributed by atoms with Gasteiger partial charge in [-0.25, -0.2) is 8.42 Å². The maximum absolute atomic E-state index is 12.5. The Labute approximate surface area is 150 Å². The van der Waals surface area contributed by atoms with Gasteiger partial charge in [-0.05, 0) is 42.7 Å². The van der Waals surface area contributed by atoms with Crippen molar-refractivity contribution in [3.63, 3.8) is 0 Å².